The van der Waals surface area contributed by atoms with Crippen LogP contribution in [0.4, 0.5) is 5.69 Å². The van der Waals surface area contributed by atoms with Gasteiger partial charge in [0.05, 0.1) is 4.90 Å². The lowest BCUT2D eigenvalue weighted by molar-refractivity contribution is -0.115. The number of hydrogen-bond acceptors (Lipinski definition) is 5. The monoisotopic (exact) mass is 409 g/mol. The maximum absolute atomic E-state index is 12.0. The maximum atomic E-state index is 12.0. The summed E-state index contributed by atoms with van der Waals surface area (Å²) in [5, 5.41) is 7.43. The fraction of sp³-hybridized carbons (Fsp3) is 0.176. The average molecular weight is 410 g/mol. The van der Waals surface area contributed by atoms with Crippen LogP contribution in [0.25, 0.3) is 6.08 Å². The Bertz CT molecular complexity index is 874. The molecule has 138 valence electrons. The van der Waals surface area contributed by atoms with Crippen LogP contribution in [0, 0.1) is 0 Å². The number of thiophene rings is 1. The molecular formula is C17H19N3O3S3. The second kappa shape index (κ2) is 9.58. The van der Waals surface area contributed by atoms with E-state index in [-0.39, 0.29) is 15.9 Å². The number of hydrogen-bond donors (Lipinski definition) is 3. The number of amides is 1. The molecule has 1 heterocycles. The molecule has 0 bridgehead atoms. The van der Waals surface area contributed by atoms with Crippen molar-refractivity contribution in [1.82, 2.24) is 10.0 Å². The highest BCUT2D eigenvalue weighted by atomic mass is 32.2. The quantitative estimate of drug-likeness (QED) is 0.483. The molecule has 0 radical (unpaired) electrons. The summed E-state index contributed by atoms with van der Waals surface area (Å²) >= 11 is 6.61. The fourth-order valence-corrected chi connectivity index (χ4v) is 3.87. The third-order valence-corrected chi connectivity index (χ3v) is 5.66. The largest absolute Gasteiger partial charge is 0.332 e. The Balaban J connectivity index is 1.90. The summed E-state index contributed by atoms with van der Waals surface area (Å²) < 4.78 is 26.5. The van der Waals surface area contributed by atoms with E-state index >= 15 is 0 Å². The minimum Gasteiger partial charge on any atom is -0.332 e. The highest BCUT2D eigenvalue weighted by molar-refractivity contribution is 7.89. The van der Waals surface area contributed by atoms with E-state index in [9.17, 15) is 13.2 Å². The van der Waals surface area contributed by atoms with Crippen LogP contribution >= 0.6 is 23.6 Å². The highest BCUT2D eigenvalue weighted by Gasteiger charge is 2.12. The number of thiocarbonyl (C=S) groups is 1. The molecule has 0 aliphatic rings. The van der Waals surface area contributed by atoms with Gasteiger partial charge in [0.25, 0.3) is 0 Å². The standard InChI is InChI=1S/C17H19N3O3S3/c1-2-11-18-26(22,23)15-8-5-13(6-9-15)19-17(24)20-16(21)10-7-14-4-3-12-25-14/h3-10,12,18H,2,11H2,1H3,(H2,19,20,21,24). The first-order valence-corrected chi connectivity index (χ1v) is 10.6. The number of sulfonamides is 1. The maximum Gasteiger partial charge on any atom is 0.250 e. The normalized spacial score (nSPS) is 11.4. The number of benzene rings is 1. The first kappa shape index (κ1) is 20.2. The number of carbonyl (C=O) groups is 1. The molecule has 0 fully saturated rings. The Labute approximate surface area is 162 Å². The second-order valence-electron chi connectivity index (χ2n) is 5.21. The molecule has 1 aromatic heterocycles. The molecule has 0 saturated carbocycles. The van der Waals surface area contributed by atoms with Crippen molar-refractivity contribution in [2.45, 2.75) is 18.2 Å². The second-order valence-corrected chi connectivity index (χ2v) is 8.37. The van der Waals surface area contributed by atoms with Gasteiger partial charge in [0, 0.05) is 23.2 Å². The molecule has 0 unspecified atom stereocenters. The van der Waals surface area contributed by atoms with Gasteiger partial charge in [0.15, 0.2) is 5.11 Å². The molecule has 0 aliphatic heterocycles. The van der Waals surface area contributed by atoms with E-state index in [2.05, 4.69) is 15.4 Å². The number of anilines is 1. The van der Waals surface area contributed by atoms with Gasteiger partial charge in [-0.15, -0.1) is 11.3 Å². The van der Waals surface area contributed by atoms with E-state index in [0.717, 1.165) is 4.88 Å². The molecule has 0 aliphatic carbocycles. The lowest BCUT2D eigenvalue weighted by Gasteiger charge is -2.09. The first-order valence-electron chi connectivity index (χ1n) is 7.84. The van der Waals surface area contributed by atoms with Crippen molar-refractivity contribution in [3.63, 3.8) is 0 Å². The van der Waals surface area contributed by atoms with Gasteiger partial charge in [-0.1, -0.05) is 13.0 Å². The van der Waals surface area contributed by atoms with Gasteiger partial charge >= 0.3 is 0 Å². The topological polar surface area (TPSA) is 87.3 Å². The zero-order valence-electron chi connectivity index (χ0n) is 14.1. The van der Waals surface area contributed by atoms with Crippen molar-refractivity contribution in [1.29, 1.82) is 0 Å². The van der Waals surface area contributed by atoms with Gasteiger partial charge < -0.3 is 5.32 Å². The van der Waals surface area contributed by atoms with Crippen molar-refractivity contribution < 1.29 is 13.2 Å². The molecule has 1 amide bonds. The zero-order chi connectivity index (χ0) is 19.0. The smallest absolute Gasteiger partial charge is 0.250 e. The van der Waals surface area contributed by atoms with E-state index in [1.165, 1.54) is 29.5 Å². The number of rotatable bonds is 7. The minimum atomic E-state index is -3.50. The van der Waals surface area contributed by atoms with E-state index in [0.29, 0.717) is 18.7 Å². The van der Waals surface area contributed by atoms with E-state index in [4.69, 9.17) is 12.2 Å². The molecule has 9 heteroatoms. The molecular weight excluding hydrogens is 390 g/mol. The third kappa shape index (κ3) is 6.34. The Morgan fingerprint density at radius 1 is 1.23 bits per heavy atom. The summed E-state index contributed by atoms with van der Waals surface area (Å²) in [4.78, 5) is 13.0. The molecule has 3 N–H and O–H groups in total. The van der Waals surface area contributed by atoms with Gasteiger partial charge in [-0.05, 0) is 60.4 Å². The fourth-order valence-electron chi connectivity index (χ4n) is 1.90. The Morgan fingerprint density at radius 3 is 2.58 bits per heavy atom. The zero-order valence-corrected chi connectivity index (χ0v) is 16.5. The highest BCUT2D eigenvalue weighted by Crippen LogP contribution is 2.14. The Morgan fingerprint density at radius 2 is 1.96 bits per heavy atom. The SMILES string of the molecule is CCCNS(=O)(=O)c1ccc(NC(=S)NC(=O)C=Cc2cccs2)cc1. The van der Waals surface area contributed by atoms with Gasteiger partial charge in [0.1, 0.15) is 0 Å². The van der Waals surface area contributed by atoms with Crippen LogP contribution < -0.4 is 15.4 Å². The van der Waals surface area contributed by atoms with Crippen LogP contribution in [0.1, 0.15) is 18.2 Å². The van der Waals surface area contributed by atoms with E-state index in [1.807, 2.05) is 24.4 Å². The van der Waals surface area contributed by atoms with Crippen LogP contribution in [0.3, 0.4) is 0 Å². The van der Waals surface area contributed by atoms with Crippen LogP contribution in [0.15, 0.2) is 52.7 Å². The summed E-state index contributed by atoms with van der Waals surface area (Å²) in [7, 11) is -3.50. The van der Waals surface area contributed by atoms with Gasteiger partial charge in [-0.2, -0.15) is 0 Å². The first-order chi connectivity index (χ1) is 12.4. The van der Waals surface area contributed by atoms with Gasteiger partial charge in [-0.3, -0.25) is 10.1 Å². The lowest BCUT2D eigenvalue weighted by Crippen LogP contribution is -2.32. The van der Waals surface area contributed by atoms with Crippen molar-refractivity contribution in [3.05, 3.63) is 52.7 Å². The van der Waals surface area contributed by atoms with Crippen LogP contribution in [0.5, 0.6) is 0 Å². The molecule has 26 heavy (non-hydrogen) atoms. The van der Waals surface area contributed by atoms with Crippen LogP contribution in [-0.2, 0) is 14.8 Å². The molecule has 0 atom stereocenters. The minimum absolute atomic E-state index is 0.130. The molecule has 0 saturated heterocycles. The summed E-state index contributed by atoms with van der Waals surface area (Å²) in [5.41, 5.74) is 0.576. The van der Waals surface area contributed by atoms with Crippen molar-refractivity contribution in [2.24, 2.45) is 0 Å². The molecule has 6 nitrogen and oxygen atoms in total. The predicted octanol–water partition coefficient (Wildman–Crippen LogP) is 2.96. The predicted molar refractivity (Wildman–Crippen MR) is 110 cm³/mol. The van der Waals surface area contributed by atoms with Crippen molar-refractivity contribution >= 4 is 56.4 Å². The molecule has 2 aromatic rings. The summed E-state index contributed by atoms with van der Waals surface area (Å²) in [6.45, 7) is 2.28. The molecule has 2 rings (SSSR count). The van der Waals surface area contributed by atoms with Crippen LogP contribution in [-0.4, -0.2) is 26.0 Å². The van der Waals surface area contributed by atoms with E-state index < -0.39 is 10.0 Å². The number of nitrogens with one attached hydrogen (secondary N) is 3. The molecule has 0 spiro atoms. The Hall–Kier alpha value is -2.07. The van der Waals surface area contributed by atoms with Gasteiger partial charge in [-0.25, -0.2) is 13.1 Å². The van der Waals surface area contributed by atoms with Gasteiger partial charge in [0.2, 0.25) is 15.9 Å². The third-order valence-electron chi connectivity index (χ3n) is 3.14. The number of carbonyl (C=O) groups excluding carboxylic acids is 1. The lowest BCUT2D eigenvalue weighted by atomic mass is 10.3. The van der Waals surface area contributed by atoms with Crippen LogP contribution in [0.2, 0.25) is 0 Å². The summed E-state index contributed by atoms with van der Waals surface area (Å²) in [6.07, 6.45) is 3.81. The molecule has 1 aromatic carbocycles. The summed E-state index contributed by atoms with van der Waals surface area (Å²) in [5.74, 6) is -0.348. The van der Waals surface area contributed by atoms with Crippen molar-refractivity contribution in [3.8, 4) is 0 Å². The van der Waals surface area contributed by atoms with Crippen molar-refractivity contribution in [2.75, 3.05) is 11.9 Å². The Kier molecular flexibility index (Phi) is 7.46. The van der Waals surface area contributed by atoms with E-state index in [1.54, 1.807) is 18.2 Å². The summed E-state index contributed by atoms with van der Waals surface area (Å²) in [6, 6.07) is 9.91. The average Bonchev–Trinajstić information content (AvgIpc) is 3.12.